The molecule has 1 aliphatic heterocycles. The molecule has 6 heteroatoms. The summed E-state index contributed by atoms with van der Waals surface area (Å²) in [6.45, 7) is 0.213. The van der Waals surface area contributed by atoms with E-state index in [1.54, 1.807) is 6.07 Å². The number of carbonyl (C=O) groups is 1. The molecule has 0 radical (unpaired) electrons. The van der Waals surface area contributed by atoms with Crippen LogP contribution < -0.4 is 20.7 Å². The molecule has 0 bridgehead atoms. The molecule has 0 saturated heterocycles. The van der Waals surface area contributed by atoms with Gasteiger partial charge in [-0.3, -0.25) is 10.2 Å². The lowest BCUT2D eigenvalue weighted by molar-refractivity contribution is 0.0955. The molecule has 4 rings (SSSR count). The van der Waals surface area contributed by atoms with Crippen LogP contribution in [-0.2, 0) is 0 Å². The zero-order valence-corrected chi connectivity index (χ0v) is 12.1. The normalized spacial score (nSPS) is 12.4. The molecule has 0 fully saturated rings. The van der Waals surface area contributed by atoms with Crippen molar-refractivity contribution in [3.8, 4) is 22.8 Å². The highest BCUT2D eigenvalue weighted by Gasteiger charge is 2.17. The van der Waals surface area contributed by atoms with E-state index in [0.29, 0.717) is 22.8 Å². The molecule has 0 atom stereocenters. The third kappa shape index (κ3) is 2.25. The number of benzene rings is 2. The van der Waals surface area contributed by atoms with E-state index in [1.807, 2.05) is 42.5 Å². The molecule has 1 amide bonds. The Bertz CT molecular complexity index is 924. The van der Waals surface area contributed by atoms with Gasteiger partial charge in [-0.15, -0.1) is 0 Å². The topological polar surface area (TPSA) is 86.5 Å². The third-order valence-electron chi connectivity index (χ3n) is 3.76. The third-order valence-corrected chi connectivity index (χ3v) is 3.76. The molecule has 114 valence electrons. The average Bonchev–Trinajstić information content (AvgIpc) is 3.07. The molecular weight excluding hydrogens is 294 g/mol. The van der Waals surface area contributed by atoms with Gasteiger partial charge in [0.25, 0.3) is 5.91 Å². The van der Waals surface area contributed by atoms with Gasteiger partial charge in [-0.2, -0.15) is 0 Å². The minimum Gasteiger partial charge on any atom is -0.454 e. The van der Waals surface area contributed by atoms with Crippen molar-refractivity contribution < 1.29 is 14.3 Å². The van der Waals surface area contributed by atoms with Crippen LogP contribution in [0.1, 0.15) is 10.4 Å². The molecular formula is C17H13N3O3. The first-order chi connectivity index (χ1) is 11.3. The maximum absolute atomic E-state index is 12.1. The summed E-state index contributed by atoms with van der Waals surface area (Å²) in [6.07, 6.45) is 0. The van der Waals surface area contributed by atoms with Gasteiger partial charge in [0.1, 0.15) is 0 Å². The number of ether oxygens (including phenoxy) is 2. The van der Waals surface area contributed by atoms with Gasteiger partial charge in [0.2, 0.25) is 6.79 Å². The number of nitrogen functional groups attached to an aromatic ring is 1. The van der Waals surface area contributed by atoms with E-state index in [2.05, 4.69) is 10.4 Å². The molecule has 6 nitrogen and oxygen atoms in total. The molecule has 0 saturated carbocycles. The Balaban J connectivity index is 1.92. The molecule has 23 heavy (non-hydrogen) atoms. The first-order valence-corrected chi connectivity index (χ1v) is 7.07. The molecule has 2 aromatic carbocycles. The van der Waals surface area contributed by atoms with Crippen LogP contribution in [0.5, 0.6) is 11.5 Å². The number of nitrogens with zero attached hydrogens (tertiary/aromatic N) is 1. The van der Waals surface area contributed by atoms with Gasteiger partial charge in [-0.1, -0.05) is 18.2 Å². The van der Waals surface area contributed by atoms with Crippen LogP contribution >= 0.6 is 0 Å². The van der Waals surface area contributed by atoms with Gasteiger partial charge in [0, 0.05) is 10.9 Å². The van der Waals surface area contributed by atoms with Gasteiger partial charge in [0.05, 0.1) is 16.8 Å². The summed E-state index contributed by atoms with van der Waals surface area (Å²) in [5.41, 5.74) is 4.89. The fourth-order valence-electron chi connectivity index (χ4n) is 2.64. The highest BCUT2D eigenvalue weighted by Crippen LogP contribution is 2.36. The maximum Gasteiger partial charge on any atom is 0.265 e. The molecule has 0 unspecified atom stereocenters. The van der Waals surface area contributed by atoms with Crippen molar-refractivity contribution in [3.05, 3.63) is 54.1 Å². The van der Waals surface area contributed by atoms with Crippen LogP contribution in [0.2, 0.25) is 0 Å². The standard InChI is InChI=1S/C17H13N3O3/c18-20-17(21)12-8-14(19-13-4-2-1-3-11(12)13)10-5-6-15-16(7-10)23-9-22-15/h1-8H,9,18H2,(H,20,21). The summed E-state index contributed by atoms with van der Waals surface area (Å²) in [7, 11) is 0. The molecule has 1 aliphatic rings. The van der Waals surface area contributed by atoms with E-state index in [1.165, 1.54) is 0 Å². The average molecular weight is 307 g/mol. The summed E-state index contributed by atoms with van der Waals surface area (Å²) in [6, 6.07) is 14.7. The molecule has 1 aromatic heterocycles. The number of hydrogen-bond donors (Lipinski definition) is 2. The Morgan fingerprint density at radius 3 is 2.78 bits per heavy atom. The van der Waals surface area contributed by atoms with Crippen molar-refractivity contribution in [2.24, 2.45) is 5.84 Å². The molecule has 0 aliphatic carbocycles. The Labute approximate surface area is 131 Å². The molecule has 2 heterocycles. The highest BCUT2D eigenvalue weighted by atomic mass is 16.7. The zero-order chi connectivity index (χ0) is 15.8. The number of carbonyl (C=O) groups excluding carboxylic acids is 1. The van der Waals surface area contributed by atoms with E-state index in [0.717, 1.165) is 16.5 Å². The number of para-hydroxylation sites is 1. The summed E-state index contributed by atoms with van der Waals surface area (Å²) in [4.78, 5) is 16.7. The van der Waals surface area contributed by atoms with Crippen molar-refractivity contribution in [1.82, 2.24) is 10.4 Å². The number of nitrogens with two attached hydrogens (primary N) is 1. The van der Waals surface area contributed by atoms with E-state index in [4.69, 9.17) is 15.3 Å². The van der Waals surface area contributed by atoms with Gasteiger partial charge in [-0.05, 0) is 30.3 Å². The van der Waals surface area contributed by atoms with Crippen LogP contribution in [0.4, 0.5) is 0 Å². The van der Waals surface area contributed by atoms with Crippen LogP contribution in [0.15, 0.2) is 48.5 Å². The largest absolute Gasteiger partial charge is 0.454 e. The lowest BCUT2D eigenvalue weighted by Gasteiger charge is -2.09. The molecule has 3 aromatic rings. The number of rotatable bonds is 2. The number of fused-ring (bicyclic) bond motifs is 2. The number of aromatic nitrogens is 1. The second-order valence-corrected chi connectivity index (χ2v) is 5.11. The van der Waals surface area contributed by atoms with Gasteiger partial charge < -0.3 is 9.47 Å². The SMILES string of the molecule is NNC(=O)c1cc(-c2ccc3c(c2)OCO3)nc2ccccc12. The minimum absolute atomic E-state index is 0.213. The van der Waals surface area contributed by atoms with E-state index < -0.39 is 0 Å². The van der Waals surface area contributed by atoms with Crippen LogP contribution in [0.25, 0.3) is 22.2 Å². The Morgan fingerprint density at radius 1 is 1.09 bits per heavy atom. The van der Waals surface area contributed by atoms with Crippen molar-refractivity contribution in [3.63, 3.8) is 0 Å². The quantitative estimate of drug-likeness (QED) is 0.431. The summed E-state index contributed by atoms with van der Waals surface area (Å²) < 4.78 is 10.7. The Kier molecular flexibility index (Phi) is 3.09. The zero-order valence-electron chi connectivity index (χ0n) is 12.1. The van der Waals surface area contributed by atoms with Crippen LogP contribution in [0, 0.1) is 0 Å². The van der Waals surface area contributed by atoms with Crippen LogP contribution in [0.3, 0.4) is 0 Å². The predicted molar refractivity (Wildman–Crippen MR) is 85.0 cm³/mol. The Hall–Kier alpha value is -3.12. The first-order valence-electron chi connectivity index (χ1n) is 7.07. The van der Waals surface area contributed by atoms with E-state index >= 15 is 0 Å². The van der Waals surface area contributed by atoms with Gasteiger partial charge in [-0.25, -0.2) is 10.8 Å². The second-order valence-electron chi connectivity index (χ2n) is 5.11. The summed E-state index contributed by atoms with van der Waals surface area (Å²) in [5.74, 6) is 6.32. The maximum atomic E-state index is 12.1. The highest BCUT2D eigenvalue weighted by molar-refractivity contribution is 6.07. The minimum atomic E-state index is -0.356. The number of hydrogen-bond acceptors (Lipinski definition) is 5. The van der Waals surface area contributed by atoms with Crippen molar-refractivity contribution in [1.29, 1.82) is 0 Å². The fraction of sp³-hybridized carbons (Fsp3) is 0.0588. The van der Waals surface area contributed by atoms with Gasteiger partial charge in [0.15, 0.2) is 11.5 Å². The number of hydrazine groups is 1. The fourth-order valence-corrected chi connectivity index (χ4v) is 2.64. The van der Waals surface area contributed by atoms with Crippen molar-refractivity contribution in [2.45, 2.75) is 0 Å². The van der Waals surface area contributed by atoms with Crippen molar-refractivity contribution in [2.75, 3.05) is 6.79 Å². The monoisotopic (exact) mass is 307 g/mol. The second kappa shape index (κ2) is 5.26. The number of amides is 1. The van der Waals surface area contributed by atoms with Gasteiger partial charge >= 0.3 is 0 Å². The first kappa shape index (κ1) is 13.5. The smallest absolute Gasteiger partial charge is 0.265 e. The molecule has 3 N–H and O–H groups in total. The van der Waals surface area contributed by atoms with E-state index in [-0.39, 0.29) is 12.7 Å². The lowest BCUT2D eigenvalue weighted by atomic mass is 10.0. The number of nitrogens with one attached hydrogen (secondary N) is 1. The Morgan fingerprint density at radius 2 is 1.91 bits per heavy atom. The predicted octanol–water partition coefficient (Wildman–Crippen LogP) is 2.23. The van der Waals surface area contributed by atoms with Crippen LogP contribution in [-0.4, -0.2) is 17.7 Å². The van der Waals surface area contributed by atoms with Crippen molar-refractivity contribution >= 4 is 16.8 Å². The molecule has 0 spiro atoms. The summed E-state index contributed by atoms with van der Waals surface area (Å²) >= 11 is 0. The summed E-state index contributed by atoms with van der Waals surface area (Å²) in [5, 5.41) is 0.750. The lowest BCUT2D eigenvalue weighted by Crippen LogP contribution is -2.30. The number of pyridine rings is 1. The van der Waals surface area contributed by atoms with E-state index in [9.17, 15) is 4.79 Å².